The van der Waals surface area contributed by atoms with Crippen molar-refractivity contribution in [2.24, 2.45) is 11.1 Å². The van der Waals surface area contributed by atoms with Crippen LogP contribution in [-0.2, 0) is 11.3 Å². The number of H-pyrrole nitrogens is 1. The summed E-state index contributed by atoms with van der Waals surface area (Å²) in [5, 5.41) is 2.95. The van der Waals surface area contributed by atoms with Gasteiger partial charge < -0.3 is 16.0 Å². The molecule has 0 spiro atoms. The number of aromatic nitrogens is 2. The van der Waals surface area contributed by atoms with Crippen LogP contribution in [0, 0.1) is 5.41 Å². The second-order valence-electron chi connectivity index (χ2n) is 5.13. The van der Waals surface area contributed by atoms with E-state index in [0.717, 1.165) is 35.4 Å². The average Bonchev–Trinajstić information content (AvgIpc) is 2.98. The second kappa shape index (κ2) is 3.81. The van der Waals surface area contributed by atoms with Crippen molar-refractivity contribution in [2.75, 3.05) is 5.32 Å². The van der Waals surface area contributed by atoms with Crippen molar-refractivity contribution in [3.05, 3.63) is 24.0 Å². The van der Waals surface area contributed by atoms with Gasteiger partial charge in [-0.3, -0.25) is 4.79 Å². The van der Waals surface area contributed by atoms with Crippen molar-refractivity contribution < 1.29 is 4.79 Å². The monoisotopic (exact) mass is 244 g/mol. The molecule has 94 valence electrons. The zero-order valence-corrected chi connectivity index (χ0v) is 10.3. The van der Waals surface area contributed by atoms with E-state index in [1.807, 2.05) is 25.1 Å². The molecule has 0 saturated heterocycles. The molecule has 1 fully saturated rings. The summed E-state index contributed by atoms with van der Waals surface area (Å²) in [6.07, 6.45) is 1.95. The number of anilines is 1. The van der Waals surface area contributed by atoms with E-state index in [-0.39, 0.29) is 11.3 Å². The molecule has 5 heteroatoms. The number of nitrogens with one attached hydrogen (secondary N) is 2. The van der Waals surface area contributed by atoms with Crippen LogP contribution in [0.5, 0.6) is 0 Å². The third kappa shape index (κ3) is 1.86. The van der Waals surface area contributed by atoms with Crippen molar-refractivity contribution in [3.8, 4) is 0 Å². The molecule has 2 aromatic rings. The van der Waals surface area contributed by atoms with Crippen LogP contribution in [0.25, 0.3) is 11.0 Å². The van der Waals surface area contributed by atoms with E-state index in [1.165, 1.54) is 0 Å². The highest BCUT2D eigenvalue weighted by Gasteiger charge is 2.44. The fourth-order valence-corrected chi connectivity index (χ4v) is 1.93. The summed E-state index contributed by atoms with van der Waals surface area (Å²) in [5.74, 6) is 0.850. The van der Waals surface area contributed by atoms with Crippen LogP contribution in [0.2, 0.25) is 0 Å². The Bertz CT molecular complexity index is 612. The lowest BCUT2D eigenvalue weighted by molar-refractivity contribution is -0.120. The molecule has 0 unspecified atom stereocenters. The van der Waals surface area contributed by atoms with Gasteiger partial charge >= 0.3 is 0 Å². The van der Waals surface area contributed by atoms with Gasteiger partial charge in [0.05, 0.1) is 17.6 Å². The molecule has 18 heavy (non-hydrogen) atoms. The van der Waals surface area contributed by atoms with Crippen LogP contribution < -0.4 is 11.1 Å². The van der Waals surface area contributed by atoms with E-state index in [0.29, 0.717) is 6.54 Å². The van der Waals surface area contributed by atoms with Gasteiger partial charge in [0.25, 0.3) is 0 Å². The molecule has 1 aliphatic carbocycles. The minimum Gasteiger partial charge on any atom is -0.341 e. The second-order valence-corrected chi connectivity index (χ2v) is 5.13. The first-order valence-electron chi connectivity index (χ1n) is 6.11. The number of fused-ring (bicyclic) bond motifs is 1. The minimum atomic E-state index is -0.161. The molecule has 0 radical (unpaired) electrons. The fourth-order valence-electron chi connectivity index (χ4n) is 1.93. The van der Waals surface area contributed by atoms with Crippen LogP contribution >= 0.6 is 0 Å². The standard InChI is InChI=1S/C13H16N4O/c1-13(4-5-13)12(18)15-8-2-3-9-10(6-8)17-11(7-14)16-9/h2-3,6H,4-5,7,14H2,1H3,(H,15,18)(H,16,17). The number of hydrogen-bond acceptors (Lipinski definition) is 3. The highest BCUT2D eigenvalue weighted by atomic mass is 16.2. The van der Waals surface area contributed by atoms with Crippen LogP contribution in [0.3, 0.4) is 0 Å². The Morgan fingerprint density at radius 2 is 2.33 bits per heavy atom. The van der Waals surface area contributed by atoms with Gasteiger partial charge in [-0.2, -0.15) is 0 Å². The molecule has 1 aromatic heterocycles. The lowest BCUT2D eigenvalue weighted by atomic mass is 10.1. The van der Waals surface area contributed by atoms with Gasteiger partial charge in [-0.05, 0) is 31.0 Å². The van der Waals surface area contributed by atoms with Crippen molar-refractivity contribution in [2.45, 2.75) is 26.3 Å². The number of nitrogens with zero attached hydrogens (tertiary/aromatic N) is 1. The number of benzene rings is 1. The zero-order chi connectivity index (χ0) is 12.8. The number of carbonyl (C=O) groups is 1. The quantitative estimate of drug-likeness (QED) is 0.769. The van der Waals surface area contributed by atoms with E-state index in [2.05, 4.69) is 15.3 Å². The number of aromatic amines is 1. The topological polar surface area (TPSA) is 83.8 Å². The molecule has 0 atom stereocenters. The number of carbonyl (C=O) groups excluding carboxylic acids is 1. The average molecular weight is 244 g/mol. The van der Waals surface area contributed by atoms with Crippen LogP contribution in [-0.4, -0.2) is 15.9 Å². The number of nitrogens with two attached hydrogens (primary N) is 1. The zero-order valence-electron chi connectivity index (χ0n) is 10.3. The maximum atomic E-state index is 11.9. The van der Waals surface area contributed by atoms with Gasteiger partial charge in [0.15, 0.2) is 0 Å². The Kier molecular flexibility index (Phi) is 2.38. The molecule has 1 aromatic carbocycles. The molecule has 1 heterocycles. The third-order valence-corrected chi connectivity index (χ3v) is 3.53. The van der Waals surface area contributed by atoms with Gasteiger partial charge in [-0.25, -0.2) is 4.98 Å². The first-order chi connectivity index (χ1) is 8.60. The smallest absolute Gasteiger partial charge is 0.230 e. The Morgan fingerprint density at radius 3 is 3.00 bits per heavy atom. The molecule has 0 bridgehead atoms. The summed E-state index contributed by atoms with van der Waals surface area (Å²) in [4.78, 5) is 19.4. The Balaban J connectivity index is 1.86. The van der Waals surface area contributed by atoms with Crippen molar-refractivity contribution in [1.29, 1.82) is 0 Å². The van der Waals surface area contributed by atoms with Crippen LogP contribution in [0.15, 0.2) is 18.2 Å². The molecule has 4 N–H and O–H groups in total. The fraction of sp³-hybridized carbons (Fsp3) is 0.385. The van der Waals surface area contributed by atoms with Gasteiger partial charge in [-0.15, -0.1) is 0 Å². The Labute approximate surface area is 105 Å². The highest BCUT2D eigenvalue weighted by Crippen LogP contribution is 2.45. The summed E-state index contributed by atoms with van der Waals surface area (Å²) in [6, 6.07) is 5.65. The summed E-state index contributed by atoms with van der Waals surface area (Å²) in [5.41, 5.74) is 7.94. The van der Waals surface area contributed by atoms with Gasteiger partial charge in [0.2, 0.25) is 5.91 Å². The number of hydrogen-bond donors (Lipinski definition) is 3. The molecule has 1 aliphatic rings. The Hall–Kier alpha value is -1.88. The van der Waals surface area contributed by atoms with Crippen LogP contribution in [0.4, 0.5) is 5.69 Å². The van der Waals surface area contributed by atoms with E-state index >= 15 is 0 Å². The lowest BCUT2D eigenvalue weighted by Crippen LogP contribution is -2.21. The summed E-state index contributed by atoms with van der Waals surface area (Å²) < 4.78 is 0. The summed E-state index contributed by atoms with van der Waals surface area (Å²) in [7, 11) is 0. The minimum absolute atomic E-state index is 0.0976. The number of imidazole rings is 1. The van der Waals surface area contributed by atoms with Crippen molar-refractivity contribution in [1.82, 2.24) is 9.97 Å². The van der Waals surface area contributed by atoms with E-state index < -0.39 is 0 Å². The number of rotatable bonds is 3. The number of amides is 1. The Morgan fingerprint density at radius 1 is 1.56 bits per heavy atom. The highest BCUT2D eigenvalue weighted by molar-refractivity contribution is 5.98. The third-order valence-electron chi connectivity index (χ3n) is 3.53. The molecule has 0 aliphatic heterocycles. The van der Waals surface area contributed by atoms with E-state index in [1.54, 1.807) is 0 Å². The predicted octanol–water partition coefficient (Wildman–Crippen LogP) is 1.76. The maximum Gasteiger partial charge on any atom is 0.230 e. The molecule has 3 rings (SSSR count). The largest absolute Gasteiger partial charge is 0.341 e. The summed E-state index contributed by atoms with van der Waals surface area (Å²) >= 11 is 0. The predicted molar refractivity (Wildman–Crippen MR) is 70.0 cm³/mol. The molecule has 5 nitrogen and oxygen atoms in total. The van der Waals surface area contributed by atoms with Crippen LogP contribution in [0.1, 0.15) is 25.6 Å². The van der Waals surface area contributed by atoms with Crippen molar-refractivity contribution >= 4 is 22.6 Å². The first kappa shape index (κ1) is 11.2. The molecular formula is C13H16N4O. The molecule has 1 saturated carbocycles. The SMILES string of the molecule is CC1(C(=O)Nc2ccc3nc(CN)[nH]c3c2)CC1. The van der Waals surface area contributed by atoms with Crippen molar-refractivity contribution in [3.63, 3.8) is 0 Å². The molecule has 1 amide bonds. The van der Waals surface area contributed by atoms with Gasteiger partial charge in [0.1, 0.15) is 5.82 Å². The van der Waals surface area contributed by atoms with E-state index in [4.69, 9.17) is 5.73 Å². The van der Waals surface area contributed by atoms with E-state index in [9.17, 15) is 4.79 Å². The first-order valence-corrected chi connectivity index (χ1v) is 6.11. The lowest BCUT2D eigenvalue weighted by Gasteiger charge is -2.09. The maximum absolute atomic E-state index is 11.9. The molecular weight excluding hydrogens is 228 g/mol. The van der Waals surface area contributed by atoms with Gasteiger partial charge in [-0.1, -0.05) is 6.92 Å². The normalized spacial score (nSPS) is 16.8. The summed E-state index contributed by atoms with van der Waals surface area (Å²) in [6.45, 7) is 2.37. The van der Waals surface area contributed by atoms with Gasteiger partial charge in [0, 0.05) is 11.1 Å².